The molecule has 20 heavy (non-hydrogen) atoms. The first kappa shape index (κ1) is 12.9. The molecule has 1 fully saturated rings. The fraction of sp³-hybridized carbons (Fsp3) is 0.333. The van der Waals surface area contributed by atoms with Crippen LogP contribution < -0.4 is 5.32 Å². The summed E-state index contributed by atoms with van der Waals surface area (Å²) in [5.41, 5.74) is 1.68. The van der Waals surface area contributed by atoms with Gasteiger partial charge in [-0.05, 0) is 18.8 Å². The van der Waals surface area contributed by atoms with Gasteiger partial charge in [0.15, 0.2) is 5.76 Å². The van der Waals surface area contributed by atoms with Crippen molar-refractivity contribution < 1.29 is 14.4 Å². The van der Waals surface area contributed by atoms with E-state index in [1.165, 1.54) is 0 Å². The number of aliphatic carboxylic acids is 1. The standard InChI is InChI=1S/C15H16N2O3/c18-15(19)14(11-6-7-11)16-9-12-8-13(20-17-12)10-4-2-1-3-5-10/h1-5,8,11,14,16H,6-7,9H2,(H,18,19). The molecule has 0 saturated heterocycles. The second kappa shape index (κ2) is 5.46. The van der Waals surface area contributed by atoms with Gasteiger partial charge >= 0.3 is 5.97 Å². The molecule has 1 atom stereocenters. The molecule has 3 rings (SSSR count). The zero-order valence-corrected chi connectivity index (χ0v) is 11.0. The zero-order chi connectivity index (χ0) is 13.9. The van der Waals surface area contributed by atoms with Gasteiger partial charge in [-0.15, -0.1) is 0 Å². The Bertz CT molecular complexity index is 590. The van der Waals surface area contributed by atoms with Crippen molar-refractivity contribution in [1.82, 2.24) is 10.5 Å². The monoisotopic (exact) mass is 272 g/mol. The minimum absolute atomic E-state index is 0.257. The molecule has 0 aliphatic heterocycles. The van der Waals surface area contributed by atoms with Gasteiger partial charge in [-0.2, -0.15) is 0 Å². The fourth-order valence-electron chi connectivity index (χ4n) is 2.23. The topological polar surface area (TPSA) is 75.4 Å². The predicted octanol–water partition coefficient (Wildman–Crippen LogP) is 2.29. The van der Waals surface area contributed by atoms with Crippen molar-refractivity contribution >= 4 is 5.97 Å². The lowest BCUT2D eigenvalue weighted by Gasteiger charge is -2.11. The van der Waals surface area contributed by atoms with E-state index < -0.39 is 12.0 Å². The molecule has 0 spiro atoms. The highest BCUT2D eigenvalue weighted by Crippen LogP contribution is 2.32. The van der Waals surface area contributed by atoms with Gasteiger partial charge in [-0.1, -0.05) is 35.5 Å². The van der Waals surface area contributed by atoms with Gasteiger partial charge in [0.25, 0.3) is 0 Å². The molecule has 2 N–H and O–H groups in total. The summed E-state index contributed by atoms with van der Waals surface area (Å²) < 4.78 is 5.28. The number of carbonyl (C=O) groups is 1. The van der Waals surface area contributed by atoms with Gasteiger partial charge in [0, 0.05) is 18.2 Å². The molecule has 0 bridgehead atoms. The lowest BCUT2D eigenvalue weighted by molar-refractivity contribution is -0.140. The van der Waals surface area contributed by atoms with E-state index in [0.717, 1.165) is 24.1 Å². The van der Waals surface area contributed by atoms with Crippen LogP contribution in [0.1, 0.15) is 18.5 Å². The summed E-state index contributed by atoms with van der Waals surface area (Å²) in [6.07, 6.45) is 1.97. The molecule has 1 aliphatic carbocycles. The maximum absolute atomic E-state index is 11.1. The first-order chi connectivity index (χ1) is 9.74. The minimum Gasteiger partial charge on any atom is -0.480 e. The number of nitrogens with zero attached hydrogens (tertiary/aromatic N) is 1. The van der Waals surface area contributed by atoms with E-state index in [9.17, 15) is 4.79 Å². The number of nitrogens with one attached hydrogen (secondary N) is 1. The number of benzene rings is 1. The smallest absolute Gasteiger partial charge is 0.320 e. The first-order valence-electron chi connectivity index (χ1n) is 6.71. The molecule has 0 radical (unpaired) electrons. The molecule has 1 aromatic heterocycles. The van der Waals surface area contributed by atoms with E-state index in [0.29, 0.717) is 12.3 Å². The number of aromatic nitrogens is 1. The molecule has 1 aromatic carbocycles. The normalized spacial score (nSPS) is 16.0. The van der Waals surface area contributed by atoms with Crippen LogP contribution in [0.25, 0.3) is 11.3 Å². The van der Waals surface area contributed by atoms with Crippen LogP contribution in [-0.2, 0) is 11.3 Å². The van der Waals surface area contributed by atoms with E-state index in [1.54, 1.807) is 0 Å². The van der Waals surface area contributed by atoms with E-state index in [4.69, 9.17) is 9.63 Å². The van der Waals surface area contributed by atoms with Crippen molar-refractivity contribution in [2.24, 2.45) is 5.92 Å². The average Bonchev–Trinajstić information content (AvgIpc) is 3.17. The Balaban J connectivity index is 1.64. The van der Waals surface area contributed by atoms with Crippen LogP contribution in [0.5, 0.6) is 0 Å². The highest BCUT2D eigenvalue weighted by Gasteiger charge is 2.35. The van der Waals surface area contributed by atoms with Crippen molar-refractivity contribution in [3.05, 3.63) is 42.1 Å². The third kappa shape index (κ3) is 2.88. The van der Waals surface area contributed by atoms with E-state index >= 15 is 0 Å². The van der Waals surface area contributed by atoms with Crippen LogP contribution in [0.15, 0.2) is 40.9 Å². The molecule has 1 aliphatic rings. The molecule has 0 amide bonds. The van der Waals surface area contributed by atoms with E-state index in [-0.39, 0.29) is 5.92 Å². The summed E-state index contributed by atoms with van der Waals surface area (Å²) in [4.78, 5) is 11.1. The third-order valence-corrected chi connectivity index (χ3v) is 3.48. The first-order valence-corrected chi connectivity index (χ1v) is 6.71. The van der Waals surface area contributed by atoms with Gasteiger partial charge in [-0.3, -0.25) is 10.1 Å². The number of hydrogen-bond acceptors (Lipinski definition) is 4. The molecule has 2 aromatic rings. The van der Waals surface area contributed by atoms with Gasteiger partial charge in [-0.25, -0.2) is 0 Å². The highest BCUT2D eigenvalue weighted by molar-refractivity contribution is 5.74. The van der Waals surface area contributed by atoms with Crippen LogP contribution in [0.4, 0.5) is 0 Å². The Morgan fingerprint density at radius 1 is 1.40 bits per heavy atom. The highest BCUT2D eigenvalue weighted by atomic mass is 16.5. The summed E-state index contributed by atoms with van der Waals surface area (Å²) in [5.74, 6) is 0.160. The van der Waals surface area contributed by atoms with Crippen molar-refractivity contribution in [2.45, 2.75) is 25.4 Å². The molecule has 1 saturated carbocycles. The molecule has 5 heteroatoms. The minimum atomic E-state index is -0.792. The van der Waals surface area contributed by atoms with Gasteiger partial charge < -0.3 is 9.63 Å². The molecule has 1 unspecified atom stereocenters. The SMILES string of the molecule is O=C(O)C(NCc1cc(-c2ccccc2)on1)C1CC1. The number of rotatable bonds is 6. The van der Waals surface area contributed by atoms with Crippen molar-refractivity contribution in [3.8, 4) is 11.3 Å². The molecule has 5 nitrogen and oxygen atoms in total. The van der Waals surface area contributed by atoms with Crippen LogP contribution in [0.3, 0.4) is 0 Å². The average molecular weight is 272 g/mol. The maximum atomic E-state index is 11.1. The van der Waals surface area contributed by atoms with E-state index in [1.807, 2.05) is 36.4 Å². The lowest BCUT2D eigenvalue weighted by Crippen LogP contribution is -2.38. The van der Waals surface area contributed by atoms with Crippen LogP contribution in [-0.4, -0.2) is 22.3 Å². The van der Waals surface area contributed by atoms with Crippen molar-refractivity contribution in [1.29, 1.82) is 0 Å². The summed E-state index contributed by atoms with van der Waals surface area (Å²) in [7, 11) is 0. The van der Waals surface area contributed by atoms with Gasteiger partial charge in [0.05, 0.1) is 5.69 Å². The largest absolute Gasteiger partial charge is 0.480 e. The Hall–Kier alpha value is -2.14. The van der Waals surface area contributed by atoms with Gasteiger partial charge in [0.2, 0.25) is 0 Å². The number of carboxylic acid groups (broad SMARTS) is 1. The summed E-state index contributed by atoms with van der Waals surface area (Å²) in [6, 6.07) is 11.1. The Morgan fingerprint density at radius 2 is 2.15 bits per heavy atom. The second-order valence-corrected chi connectivity index (χ2v) is 5.08. The maximum Gasteiger partial charge on any atom is 0.320 e. The van der Waals surface area contributed by atoms with Crippen LogP contribution in [0.2, 0.25) is 0 Å². The summed E-state index contributed by atoms with van der Waals surface area (Å²) >= 11 is 0. The quantitative estimate of drug-likeness (QED) is 0.844. The zero-order valence-electron chi connectivity index (χ0n) is 11.0. The van der Waals surface area contributed by atoms with E-state index in [2.05, 4.69) is 10.5 Å². The van der Waals surface area contributed by atoms with Gasteiger partial charge in [0.1, 0.15) is 6.04 Å². The summed E-state index contributed by atoms with van der Waals surface area (Å²) in [6.45, 7) is 0.407. The Morgan fingerprint density at radius 3 is 2.80 bits per heavy atom. The molecule has 1 heterocycles. The van der Waals surface area contributed by atoms with Crippen molar-refractivity contribution in [2.75, 3.05) is 0 Å². The second-order valence-electron chi connectivity index (χ2n) is 5.08. The van der Waals surface area contributed by atoms with Crippen molar-refractivity contribution in [3.63, 3.8) is 0 Å². The predicted molar refractivity (Wildman–Crippen MR) is 72.9 cm³/mol. The Labute approximate surface area is 116 Å². The molecule has 104 valence electrons. The number of hydrogen-bond donors (Lipinski definition) is 2. The number of carboxylic acids is 1. The Kier molecular flexibility index (Phi) is 3.52. The van der Waals surface area contributed by atoms with Crippen LogP contribution in [0, 0.1) is 5.92 Å². The summed E-state index contributed by atoms with van der Waals surface area (Å²) in [5, 5.41) is 16.2. The van der Waals surface area contributed by atoms with Crippen LogP contribution >= 0.6 is 0 Å². The fourth-order valence-corrected chi connectivity index (χ4v) is 2.23. The third-order valence-electron chi connectivity index (χ3n) is 3.48. The lowest BCUT2D eigenvalue weighted by atomic mass is 10.1. The molecular weight excluding hydrogens is 256 g/mol. The molecular formula is C15H16N2O3.